The fraction of sp³-hybridized carbons (Fsp3) is 0.889. The van der Waals surface area contributed by atoms with Gasteiger partial charge < -0.3 is 15.6 Å². The number of hydrogen-bond donors (Lipinski definition) is 2. The third-order valence-electron chi connectivity index (χ3n) is 2.05. The maximum Gasteiger partial charge on any atom is 0.124 e. The molecular weight excluding hydrogens is 154 g/mol. The zero-order valence-corrected chi connectivity index (χ0v) is 7.70. The van der Waals surface area contributed by atoms with E-state index in [0.29, 0.717) is 0 Å². The first-order chi connectivity index (χ1) is 5.76. The zero-order chi connectivity index (χ0) is 9.40. The molecule has 72 valence electrons. The van der Waals surface area contributed by atoms with Crippen molar-refractivity contribution < 1.29 is 9.90 Å². The first-order valence-electron chi connectivity index (χ1n) is 4.58. The van der Waals surface area contributed by atoms with Crippen molar-refractivity contribution in [3.63, 3.8) is 0 Å². The maximum absolute atomic E-state index is 10.3. The standard InChI is InChI=1S/C7H13NO.C2H6O/c8-7-4-2-1-3-6(7)5-9;1-2-3/h5-7H,1-4,8H2;3H,2H2,1H3. The van der Waals surface area contributed by atoms with Crippen molar-refractivity contribution in [3.8, 4) is 0 Å². The number of aliphatic hydroxyl groups excluding tert-OH is 1. The first kappa shape index (κ1) is 11.6. The van der Waals surface area contributed by atoms with E-state index in [1.54, 1.807) is 6.92 Å². The lowest BCUT2D eigenvalue weighted by molar-refractivity contribution is -0.112. The number of aldehydes is 1. The monoisotopic (exact) mass is 173 g/mol. The Balaban J connectivity index is 0.000000354. The Morgan fingerprint density at radius 1 is 1.50 bits per heavy atom. The van der Waals surface area contributed by atoms with Gasteiger partial charge in [0.15, 0.2) is 0 Å². The van der Waals surface area contributed by atoms with Crippen LogP contribution in [0.3, 0.4) is 0 Å². The molecule has 0 saturated heterocycles. The molecule has 1 aliphatic carbocycles. The van der Waals surface area contributed by atoms with Gasteiger partial charge in [0.2, 0.25) is 0 Å². The van der Waals surface area contributed by atoms with Crippen LogP contribution in [0.4, 0.5) is 0 Å². The van der Waals surface area contributed by atoms with Crippen LogP contribution < -0.4 is 5.73 Å². The average molecular weight is 173 g/mol. The van der Waals surface area contributed by atoms with Gasteiger partial charge in [-0.05, 0) is 19.8 Å². The molecule has 3 nitrogen and oxygen atoms in total. The number of rotatable bonds is 1. The van der Waals surface area contributed by atoms with Crippen LogP contribution in [0.2, 0.25) is 0 Å². The van der Waals surface area contributed by atoms with E-state index in [2.05, 4.69) is 0 Å². The van der Waals surface area contributed by atoms with Gasteiger partial charge in [0.05, 0.1) is 0 Å². The molecule has 3 N–H and O–H groups in total. The largest absolute Gasteiger partial charge is 0.397 e. The van der Waals surface area contributed by atoms with E-state index in [9.17, 15) is 4.79 Å². The molecule has 1 aliphatic rings. The predicted molar refractivity (Wildman–Crippen MR) is 48.8 cm³/mol. The molecule has 0 aromatic rings. The van der Waals surface area contributed by atoms with Crippen LogP contribution in [0.25, 0.3) is 0 Å². The summed E-state index contributed by atoms with van der Waals surface area (Å²) in [5.41, 5.74) is 5.66. The molecule has 0 heterocycles. The van der Waals surface area contributed by atoms with Crippen molar-refractivity contribution in [2.75, 3.05) is 6.61 Å². The van der Waals surface area contributed by atoms with Crippen molar-refractivity contribution in [2.24, 2.45) is 11.7 Å². The lowest BCUT2D eigenvalue weighted by Crippen LogP contribution is -2.33. The van der Waals surface area contributed by atoms with Crippen LogP contribution in [0.1, 0.15) is 32.6 Å². The fourth-order valence-electron chi connectivity index (χ4n) is 1.36. The summed E-state index contributed by atoms with van der Waals surface area (Å²) in [4.78, 5) is 10.3. The summed E-state index contributed by atoms with van der Waals surface area (Å²) in [5.74, 6) is 0.152. The van der Waals surface area contributed by atoms with Crippen molar-refractivity contribution in [3.05, 3.63) is 0 Å². The highest BCUT2D eigenvalue weighted by atomic mass is 16.2. The lowest BCUT2D eigenvalue weighted by Gasteiger charge is -2.23. The third kappa shape index (κ3) is 4.46. The van der Waals surface area contributed by atoms with Crippen LogP contribution >= 0.6 is 0 Å². The molecule has 0 aromatic carbocycles. The van der Waals surface area contributed by atoms with Gasteiger partial charge in [-0.3, -0.25) is 0 Å². The molecular formula is C9H19NO2. The van der Waals surface area contributed by atoms with E-state index < -0.39 is 0 Å². The number of carbonyl (C=O) groups is 1. The van der Waals surface area contributed by atoms with Crippen LogP contribution in [-0.2, 0) is 4.79 Å². The van der Waals surface area contributed by atoms with Crippen LogP contribution in [-0.4, -0.2) is 24.0 Å². The van der Waals surface area contributed by atoms with Gasteiger partial charge in [-0.25, -0.2) is 0 Å². The Hall–Kier alpha value is -0.410. The first-order valence-corrected chi connectivity index (χ1v) is 4.58. The summed E-state index contributed by atoms with van der Waals surface area (Å²) in [6.07, 6.45) is 5.42. The van der Waals surface area contributed by atoms with Crippen LogP contribution in [0.5, 0.6) is 0 Å². The number of hydrogen-bond acceptors (Lipinski definition) is 3. The molecule has 0 bridgehead atoms. The van der Waals surface area contributed by atoms with Gasteiger partial charge >= 0.3 is 0 Å². The Labute approximate surface area is 74.0 Å². The highest BCUT2D eigenvalue weighted by Crippen LogP contribution is 2.20. The van der Waals surface area contributed by atoms with Gasteiger partial charge in [-0.1, -0.05) is 12.8 Å². The minimum absolute atomic E-state index is 0.149. The predicted octanol–water partition coefficient (Wildman–Crippen LogP) is 0.701. The van der Waals surface area contributed by atoms with Crippen molar-refractivity contribution in [2.45, 2.75) is 38.6 Å². The smallest absolute Gasteiger partial charge is 0.124 e. The third-order valence-corrected chi connectivity index (χ3v) is 2.05. The van der Waals surface area contributed by atoms with Crippen LogP contribution in [0, 0.1) is 5.92 Å². The van der Waals surface area contributed by atoms with E-state index in [-0.39, 0.29) is 18.6 Å². The number of carbonyl (C=O) groups excluding carboxylic acids is 1. The van der Waals surface area contributed by atoms with Gasteiger partial charge in [0.25, 0.3) is 0 Å². The molecule has 1 fully saturated rings. The SMILES string of the molecule is CCO.NC1CCCCC1C=O. The molecule has 0 amide bonds. The summed E-state index contributed by atoms with van der Waals surface area (Å²) >= 11 is 0. The molecule has 0 aromatic heterocycles. The maximum atomic E-state index is 10.3. The summed E-state index contributed by atoms with van der Waals surface area (Å²) in [6.45, 7) is 1.93. The minimum Gasteiger partial charge on any atom is -0.397 e. The Bertz CT molecular complexity index is 117. The van der Waals surface area contributed by atoms with E-state index in [4.69, 9.17) is 10.8 Å². The second kappa shape index (κ2) is 7.25. The Morgan fingerprint density at radius 3 is 2.33 bits per heavy atom. The van der Waals surface area contributed by atoms with Crippen molar-refractivity contribution in [1.29, 1.82) is 0 Å². The molecule has 0 aliphatic heterocycles. The van der Waals surface area contributed by atoms with E-state index in [1.165, 1.54) is 12.8 Å². The van der Waals surface area contributed by atoms with Gasteiger partial charge in [0.1, 0.15) is 6.29 Å². The minimum atomic E-state index is 0.149. The topological polar surface area (TPSA) is 63.3 Å². The molecule has 1 saturated carbocycles. The highest BCUT2D eigenvalue weighted by molar-refractivity contribution is 5.54. The summed E-state index contributed by atoms with van der Waals surface area (Å²) in [6, 6.07) is 0.149. The Kier molecular flexibility index (Phi) is 7.00. The lowest BCUT2D eigenvalue weighted by atomic mass is 9.86. The quantitative estimate of drug-likeness (QED) is 0.574. The van der Waals surface area contributed by atoms with E-state index >= 15 is 0 Å². The molecule has 2 atom stereocenters. The molecule has 0 spiro atoms. The molecule has 3 heteroatoms. The molecule has 12 heavy (non-hydrogen) atoms. The number of nitrogens with two attached hydrogens (primary N) is 1. The molecule has 1 rings (SSSR count). The van der Waals surface area contributed by atoms with E-state index in [1.807, 2.05) is 0 Å². The second-order valence-corrected chi connectivity index (χ2v) is 3.06. The Morgan fingerprint density at radius 2 is 2.00 bits per heavy atom. The number of aliphatic hydroxyl groups is 1. The van der Waals surface area contributed by atoms with E-state index in [0.717, 1.165) is 19.1 Å². The summed E-state index contributed by atoms with van der Waals surface area (Å²) in [7, 11) is 0. The summed E-state index contributed by atoms with van der Waals surface area (Å²) < 4.78 is 0. The average Bonchev–Trinajstić information content (AvgIpc) is 2.07. The van der Waals surface area contributed by atoms with Gasteiger partial charge in [-0.2, -0.15) is 0 Å². The summed E-state index contributed by atoms with van der Waals surface area (Å²) in [5, 5.41) is 7.57. The normalized spacial score (nSPS) is 28.6. The fourth-order valence-corrected chi connectivity index (χ4v) is 1.36. The van der Waals surface area contributed by atoms with Gasteiger partial charge in [0, 0.05) is 18.6 Å². The molecule has 0 radical (unpaired) electrons. The van der Waals surface area contributed by atoms with Crippen LogP contribution in [0.15, 0.2) is 0 Å². The van der Waals surface area contributed by atoms with Gasteiger partial charge in [-0.15, -0.1) is 0 Å². The van der Waals surface area contributed by atoms with Crippen molar-refractivity contribution in [1.82, 2.24) is 0 Å². The zero-order valence-electron chi connectivity index (χ0n) is 7.70. The second-order valence-electron chi connectivity index (χ2n) is 3.06. The molecule has 2 unspecified atom stereocenters. The van der Waals surface area contributed by atoms with Crippen molar-refractivity contribution >= 4 is 6.29 Å². The highest BCUT2D eigenvalue weighted by Gasteiger charge is 2.20.